The molecule has 5 heteroatoms. The minimum atomic E-state index is -0.220. The van der Waals surface area contributed by atoms with Crippen LogP contribution in [0.25, 0.3) is 11.4 Å². The molecule has 0 aliphatic rings. The molecule has 0 aliphatic carbocycles. The standard InChI is InChI=1S/C14H16N2O3/c1-9-10(7-8-17)14(18)16-13(15-9)11-5-3-4-6-12(11)19-2/h3-6,17H,7-8H2,1-2H3,(H,15,16,18). The number of hydrogen-bond acceptors (Lipinski definition) is 4. The molecule has 0 fully saturated rings. The highest BCUT2D eigenvalue weighted by Crippen LogP contribution is 2.26. The molecule has 0 saturated carbocycles. The number of methoxy groups -OCH3 is 1. The number of benzene rings is 1. The van der Waals surface area contributed by atoms with Gasteiger partial charge in [0.1, 0.15) is 11.6 Å². The Labute approximate surface area is 110 Å². The van der Waals surface area contributed by atoms with E-state index in [9.17, 15) is 4.79 Å². The van der Waals surface area contributed by atoms with Crippen molar-refractivity contribution in [1.29, 1.82) is 0 Å². The van der Waals surface area contributed by atoms with E-state index in [1.54, 1.807) is 14.0 Å². The Hall–Kier alpha value is -2.14. The van der Waals surface area contributed by atoms with E-state index in [-0.39, 0.29) is 12.2 Å². The molecule has 1 aromatic heterocycles. The van der Waals surface area contributed by atoms with Crippen LogP contribution in [0.1, 0.15) is 11.3 Å². The van der Waals surface area contributed by atoms with Gasteiger partial charge in [-0.15, -0.1) is 0 Å². The lowest BCUT2D eigenvalue weighted by Crippen LogP contribution is -2.18. The largest absolute Gasteiger partial charge is 0.496 e. The zero-order chi connectivity index (χ0) is 13.8. The molecule has 0 bridgehead atoms. The molecule has 0 amide bonds. The minimum Gasteiger partial charge on any atom is -0.496 e. The maximum absolute atomic E-state index is 12.0. The number of hydrogen-bond donors (Lipinski definition) is 2. The molecule has 5 nitrogen and oxygen atoms in total. The Morgan fingerprint density at radius 3 is 2.74 bits per heavy atom. The first-order valence-electron chi connectivity index (χ1n) is 6.01. The monoisotopic (exact) mass is 260 g/mol. The second-order valence-electron chi connectivity index (χ2n) is 4.15. The molecule has 2 rings (SSSR count). The molecule has 2 N–H and O–H groups in total. The third-order valence-corrected chi connectivity index (χ3v) is 2.95. The van der Waals surface area contributed by atoms with Crippen LogP contribution in [0.4, 0.5) is 0 Å². The molecule has 1 heterocycles. The minimum absolute atomic E-state index is 0.0698. The van der Waals surface area contributed by atoms with Crippen molar-refractivity contribution >= 4 is 0 Å². The Kier molecular flexibility index (Phi) is 3.97. The Bertz CT molecular complexity index is 635. The van der Waals surface area contributed by atoms with E-state index in [1.807, 2.05) is 24.3 Å². The van der Waals surface area contributed by atoms with Crippen LogP contribution >= 0.6 is 0 Å². The first-order valence-corrected chi connectivity index (χ1v) is 6.01. The maximum Gasteiger partial charge on any atom is 0.254 e. The SMILES string of the molecule is COc1ccccc1-c1nc(C)c(CCO)c(=O)[nH]1. The average molecular weight is 260 g/mol. The number of H-pyrrole nitrogens is 1. The molecule has 0 radical (unpaired) electrons. The summed E-state index contributed by atoms with van der Waals surface area (Å²) in [6.07, 6.45) is 0.306. The number of nitrogens with one attached hydrogen (secondary N) is 1. The van der Waals surface area contributed by atoms with Crippen LogP contribution in [-0.2, 0) is 6.42 Å². The van der Waals surface area contributed by atoms with Crippen LogP contribution in [0.15, 0.2) is 29.1 Å². The van der Waals surface area contributed by atoms with Gasteiger partial charge >= 0.3 is 0 Å². The quantitative estimate of drug-likeness (QED) is 0.868. The molecule has 0 saturated heterocycles. The van der Waals surface area contributed by atoms with Gasteiger partial charge in [-0.2, -0.15) is 0 Å². The zero-order valence-electron chi connectivity index (χ0n) is 10.9. The Morgan fingerprint density at radius 2 is 2.11 bits per heavy atom. The molecular weight excluding hydrogens is 244 g/mol. The van der Waals surface area contributed by atoms with Gasteiger partial charge in [0, 0.05) is 24.3 Å². The van der Waals surface area contributed by atoms with Gasteiger partial charge in [-0.25, -0.2) is 4.98 Å². The Morgan fingerprint density at radius 1 is 1.37 bits per heavy atom. The zero-order valence-corrected chi connectivity index (χ0v) is 10.9. The van der Waals surface area contributed by atoms with Crippen molar-refractivity contribution < 1.29 is 9.84 Å². The van der Waals surface area contributed by atoms with Gasteiger partial charge in [0.15, 0.2) is 0 Å². The highest BCUT2D eigenvalue weighted by molar-refractivity contribution is 5.64. The number of aromatic nitrogens is 2. The van der Waals surface area contributed by atoms with E-state index in [4.69, 9.17) is 9.84 Å². The first kappa shape index (κ1) is 13.3. The smallest absolute Gasteiger partial charge is 0.254 e. The number of rotatable bonds is 4. The molecule has 1 aromatic carbocycles. The molecule has 2 aromatic rings. The number of aromatic amines is 1. The Balaban J connectivity index is 2.55. The van der Waals surface area contributed by atoms with E-state index in [2.05, 4.69) is 9.97 Å². The van der Waals surface area contributed by atoms with Crippen LogP contribution in [0.2, 0.25) is 0 Å². The summed E-state index contributed by atoms with van der Waals surface area (Å²) >= 11 is 0. The summed E-state index contributed by atoms with van der Waals surface area (Å²) in [5.74, 6) is 1.13. The van der Waals surface area contributed by atoms with Crippen molar-refractivity contribution in [3.63, 3.8) is 0 Å². The molecular formula is C14H16N2O3. The predicted octanol–water partition coefficient (Wildman–Crippen LogP) is 1.29. The van der Waals surface area contributed by atoms with Crippen molar-refractivity contribution in [3.05, 3.63) is 45.9 Å². The van der Waals surface area contributed by atoms with E-state index < -0.39 is 0 Å². The maximum atomic E-state index is 12.0. The van der Waals surface area contributed by atoms with Crippen molar-refractivity contribution in [1.82, 2.24) is 9.97 Å². The second-order valence-corrected chi connectivity index (χ2v) is 4.15. The van der Waals surface area contributed by atoms with Gasteiger partial charge in [0.05, 0.1) is 12.7 Å². The molecule has 0 spiro atoms. The fourth-order valence-electron chi connectivity index (χ4n) is 1.98. The molecule has 0 atom stereocenters. The molecule has 0 aliphatic heterocycles. The van der Waals surface area contributed by atoms with Crippen LogP contribution < -0.4 is 10.3 Å². The molecule has 0 unspecified atom stereocenters. The van der Waals surface area contributed by atoms with E-state index in [0.717, 1.165) is 5.56 Å². The summed E-state index contributed by atoms with van der Waals surface area (Å²) in [5.41, 5.74) is 1.66. The number of para-hydroxylation sites is 1. The number of aliphatic hydroxyl groups is 1. The summed E-state index contributed by atoms with van der Waals surface area (Å²) in [6, 6.07) is 7.36. The summed E-state index contributed by atoms with van der Waals surface area (Å²) < 4.78 is 5.26. The van der Waals surface area contributed by atoms with Crippen molar-refractivity contribution in [3.8, 4) is 17.1 Å². The van der Waals surface area contributed by atoms with Crippen LogP contribution in [0, 0.1) is 6.92 Å². The van der Waals surface area contributed by atoms with E-state index >= 15 is 0 Å². The first-order chi connectivity index (χ1) is 9.17. The van der Waals surface area contributed by atoms with E-state index in [0.29, 0.717) is 29.3 Å². The van der Waals surface area contributed by atoms with Gasteiger partial charge in [-0.1, -0.05) is 12.1 Å². The molecule has 19 heavy (non-hydrogen) atoms. The van der Waals surface area contributed by atoms with Crippen LogP contribution in [0.5, 0.6) is 5.75 Å². The van der Waals surface area contributed by atoms with Crippen molar-refractivity contribution in [2.45, 2.75) is 13.3 Å². The number of aliphatic hydroxyl groups excluding tert-OH is 1. The van der Waals surface area contributed by atoms with Crippen LogP contribution in [0.3, 0.4) is 0 Å². The third-order valence-electron chi connectivity index (χ3n) is 2.95. The molecule has 100 valence electrons. The second kappa shape index (κ2) is 5.67. The number of aryl methyl sites for hydroxylation is 1. The van der Waals surface area contributed by atoms with Gasteiger partial charge in [0.25, 0.3) is 5.56 Å². The summed E-state index contributed by atoms with van der Waals surface area (Å²) in [7, 11) is 1.57. The third kappa shape index (κ3) is 2.66. The summed E-state index contributed by atoms with van der Waals surface area (Å²) in [5, 5.41) is 8.94. The van der Waals surface area contributed by atoms with Gasteiger partial charge in [-0.3, -0.25) is 4.79 Å². The summed E-state index contributed by atoms with van der Waals surface area (Å²) in [6.45, 7) is 1.69. The fourth-order valence-corrected chi connectivity index (χ4v) is 1.98. The van der Waals surface area contributed by atoms with Crippen molar-refractivity contribution in [2.75, 3.05) is 13.7 Å². The van der Waals surface area contributed by atoms with Gasteiger partial charge < -0.3 is 14.8 Å². The van der Waals surface area contributed by atoms with Gasteiger partial charge in [0.2, 0.25) is 0 Å². The fraction of sp³-hybridized carbons (Fsp3) is 0.286. The highest BCUT2D eigenvalue weighted by Gasteiger charge is 2.11. The lowest BCUT2D eigenvalue weighted by Gasteiger charge is -2.09. The normalized spacial score (nSPS) is 10.5. The highest BCUT2D eigenvalue weighted by atomic mass is 16.5. The van der Waals surface area contributed by atoms with Gasteiger partial charge in [-0.05, 0) is 19.1 Å². The summed E-state index contributed by atoms with van der Waals surface area (Å²) in [4.78, 5) is 19.1. The predicted molar refractivity (Wildman–Crippen MR) is 72.4 cm³/mol. The average Bonchev–Trinajstić information content (AvgIpc) is 2.42. The van der Waals surface area contributed by atoms with Crippen molar-refractivity contribution in [2.24, 2.45) is 0 Å². The number of ether oxygens (including phenoxy) is 1. The lowest BCUT2D eigenvalue weighted by molar-refractivity contribution is 0.298. The lowest BCUT2D eigenvalue weighted by atomic mass is 10.1. The van der Waals surface area contributed by atoms with Crippen LogP contribution in [-0.4, -0.2) is 28.8 Å². The van der Waals surface area contributed by atoms with E-state index in [1.165, 1.54) is 0 Å². The number of nitrogens with zero attached hydrogens (tertiary/aromatic N) is 1. The topological polar surface area (TPSA) is 75.2 Å².